The summed E-state index contributed by atoms with van der Waals surface area (Å²) in [6.07, 6.45) is 0.908. The molecular formula is C22H23FN6O2. The second-order valence-corrected chi connectivity index (χ2v) is 7.39. The van der Waals surface area contributed by atoms with Gasteiger partial charge in [-0.15, -0.1) is 5.10 Å². The van der Waals surface area contributed by atoms with Gasteiger partial charge in [-0.1, -0.05) is 22.8 Å². The fourth-order valence-corrected chi connectivity index (χ4v) is 3.58. The van der Waals surface area contributed by atoms with Crippen LogP contribution >= 0.6 is 0 Å². The van der Waals surface area contributed by atoms with Crippen LogP contribution in [0.2, 0.25) is 0 Å². The standard InChI is InChI=1S/C22H23FN6O2/c1-14-10-11-29(22-25-27-28(2)26-22)13-19(14)15-4-7-17(8-5-15)24-21(30)18-12-16(23)6-9-20(18)31-3/h4-9,12H,10-11,13H2,1-3H3,(H,24,30). The average Bonchev–Trinajstić information content (AvgIpc) is 3.21. The number of amides is 1. The first-order valence-corrected chi connectivity index (χ1v) is 9.87. The molecular weight excluding hydrogens is 399 g/mol. The van der Waals surface area contributed by atoms with E-state index in [9.17, 15) is 9.18 Å². The maximum absolute atomic E-state index is 13.6. The van der Waals surface area contributed by atoms with Crippen LogP contribution < -0.4 is 15.0 Å². The van der Waals surface area contributed by atoms with Crippen LogP contribution in [0.5, 0.6) is 5.75 Å². The number of carbonyl (C=O) groups is 1. The molecule has 1 aromatic heterocycles. The van der Waals surface area contributed by atoms with Crippen molar-refractivity contribution in [2.75, 3.05) is 30.4 Å². The van der Waals surface area contributed by atoms with E-state index in [1.807, 2.05) is 24.3 Å². The number of nitrogens with zero attached hydrogens (tertiary/aromatic N) is 5. The number of nitrogens with one attached hydrogen (secondary N) is 1. The summed E-state index contributed by atoms with van der Waals surface area (Å²) in [7, 11) is 3.19. The van der Waals surface area contributed by atoms with E-state index in [0.29, 0.717) is 23.9 Å². The third-order valence-electron chi connectivity index (χ3n) is 5.30. The Morgan fingerprint density at radius 1 is 1.19 bits per heavy atom. The van der Waals surface area contributed by atoms with Crippen molar-refractivity contribution in [3.8, 4) is 5.75 Å². The molecule has 0 radical (unpaired) electrons. The molecule has 160 valence electrons. The lowest BCUT2D eigenvalue weighted by atomic mass is 9.95. The second-order valence-electron chi connectivity index (χ2n) is 7.39. The van der Waals surface area contributed by atoms with E-state index >= 15 is 0 Å². The summed E-state index contributed by atoms with van der Waals surface area (Å²) in [4.78, 5) is 16.1. The number of anilines is 2. The quantitative estimate of drug-likeness (QED) is 0.679. The van der Waals surface area contributed by atoms with Crippen LogP contribution in [0.3, 0.4) is 0 Å². The van der Waals surface area contributed by atoms with Crippen LogP contribution in [0.25, 0.3) is 5.57 Å². The molecule has 0 unspecified atom stereocenters. The van der Waals surface area contributed by atoms with Gasteiger partial charge in [0.2, 0.25) is 0 Å². The Kier molecular flexibility index (Phi) is 5.66. The predicted molar refractivity (Wildman–Crippen MR) is 116 cm³/mol. The van der Waals surface area contributed by atoms with Gasteiger partial charge >= 0.3 is 0 Å². The van der Waals surface area contributed by atoms with Gasteiger partial charge in [-0.05, 0) is 60.0 Å². The van der Waals surface area contributed by atoms with Crippen LogP contribution in [0.4, 0.5) is 16.0 Å². The van der Waals surface area contributed by atoms with Crippen LogP contribution in [-0.2, 0) is 7.05 Å². The number of rotatable bonds is 5. The van der Waals surface area contributed by atoms with Gasteiger partial charge in [0.25, 0.3) is 11.9 Å². The molecule has 2 heterocycles. The molecule has 9 heteroatoms. The maximum atomic E-state index is 13.6. The number of ether oxygens (including phenoxy) is 1. The number of halogens is 1. The van der Waals surface area contributed by atoms with E-state index in [-0.39, 0.29) is 5.56 Å². The number of carbonyl (C=O) groups excluding carboxylic acids is 1. The molecule has 1 aliphatic heterocycles. The van der Waals surface area contributed by atoms with Gasteiger partial charge in [-0.2, -0.15) is 4.80 Å². The van der Waals surface area contributed by atoms with Crippen molar-refractivity contribution in [3.63, 3.8) is 0 Å². The molecule has 4 rings (SSSR count). The van der Waals surface area contributed by atoms with Crippen molar-refractivity contribution in [2.24, 2.45) is 7.05 Å². The maximum Gasteiger partial charge on any atom is 0.266 e. The summed E-state index contributed by atoms with van der Waals surface area (Å²) >= 11 is 0. The summed E-state index contributed by atoms with van der Waals surface area (Å²) < 4.78 is 18.7. The molecule has 0 bridgehead atoms. The smallest absolute Gasteiger partial charge is 0.266 e. The lowest BCUT2D eigenvalue weighted by molar-refractivity contribution is 0.102. The first-order chi connectivity index (χ1) is 14.9. The first-order valence-electron chi connectivity index (χ1n) is 9.87. The molecule has 1 aliphatic rings. The SMILES string of the molecule is COc1ccc(F)cc1C(=O)Nc1ccc(C2=C(C)CCN(c3nnn(C)n3)C2)cc1. The predicted octanol–water partition coefficient (Wildman–Crippen LogP) is 3.29. The number of hydrogen-bond donors (Lipinski definition) is 1. The van der Waals surface area contributed by atoms with E-state index < -0.39 is 11.7 Å². The normalized spacial score (nSPS) is 14.0. The van der Waals surface area contributed by atoms with E-state index in [1.54, 1.807) is 7.05 Å². The Balaban J connectivity index is 1.50. The number of methoxy groups -OCH3 is 1. The highest BCUT2D eigenvalue weighted by Gasteiger charge is 2.21. The monoisotopic (exact) mass is 422 g/mol. The molecule has 31 heavy (non-hydrogen) atoms. The number of hydrogen-bond acceptors (Lipinski definition) is 6. The molecule has 1 amide bonds. The van der Waals surface area contributed by atoms with Crippen LogP contribution in [0.15, 0.2) is 48.0 Å². The first kappa shape index (κ1) is 20.5. The van der Waals surface area contributed by atoms with E-state index in [1.165, 1.54) is 35.2 Å². The van der Waals surface area contributed by atoms with Gasteiger partial charge < -0.3 is 15.0 Å². The molecule has 3 aromatic rings. The summed E-state index contributed by atoms with van der Waals surface area (Å²) in [6.45, 7) is 3.65. The average molecular weight is 422 g/mol. The van der Waals surface area contributed by atoms with Gasteiger partial charge in [-0.25, -0.2) is 4.39 Å². The van der Waals surface area contributed by atoms with Crippen molar-refractivity contribution >= 4 is 23.1 Å². The Hall–Kier alpha value is -3.75. The Labute approximate surface area is 179 Å². The fourth-order valence-electron chi connectivity index (χ4n) is 3.58. The minimum atomic E-state index is -0.497. The van der Waals surface area contributed by atoms with Gasteiger partial charge in [0.05, 0.1) is 19.7 Å². The van der Waals surface area contributed by atoms with Crippen LogP contribution in [0, 0.1) is 5.82 Å². The molecule has 2 aromatic carbocycles. The third-order valence-corrected chi connectivity index (χ3v) is 5.30. The number of tetrazole rings is 1. The van der Waals surface area contributed by atoms with Crippen molar-refractivity contribution in [1.82, 2.24) is 20.2 Å². The molecule has 0 saturated heterocycles. The highest BCUT2D eigenvalue weighted by molar-refractivity contribution is 6.06. The summed E-state index contributed by atoms with van der Waals surface area (Å²) in [5.41, 5.74) is 4.32. The fraction of sp³-hybridized carbons (Fsp3) is 0.273. The minimum Gasteiger partial charge on any atom is -0.496 e. The Bertz CT molecular complexity index is 1140. The minimum absolute atomic E-state index is 0.143. The van der Waals surface area contributed by atoms with E-state index in [4.69, 9.17) is 4.74 Å². The second kappa shape index (κ2) is 8.55. The highest BCUT2D eigenvalue weighted by atomic mass is 19.1. The summed E-state index contributed by atoms with van der Waals surface area (Å²) in [6, 6.07) is 11.4. The molecule has 0 saturated carbocycles. The van der Waals surface area contributed by atoms with Crippen molar-refractivity contribution in [3.05, 3.63) is 65.0 Å². The van der Waals surface area contributed by atoms with E-state index in [0.717, 1.165) is 24.6 Å². The van der Waals surface area contributed by atoms with Crippen molar-refractivity contribution < 1.29 is 13.9 Å². The number of aromatic nitrogens is 4. The summed E-state index contributed by atoms with van der Waals surface area (Å²) in [5.74, 6) is -0.00290. The summed E-state index contributed by atoms with van der Waals surface area (Å²) in [5, 5.41) is 15.1. The third kappa shape index (κ3) is 4.40. The van der Waals surface area contributed by atoms with Crippen molar-refractivity contribution in [1.29, 1.82) is 0 Å². The molecule has 0 atom stereocenters. The zero-order valence-electron chi connectivity index (χ0n) is 17.6. The van der Waals surface area contributed by atoms with Crippen molar-refractivity contribution in [2.45, 2.75) is 13.3 Å². The lowest BCUT2D eigenvalue weighted by Gasteiger charge is -2.29. The zero-order valence-corrected chi connectivity index (χ0v) is 17.6. The van der Waals surface area contributed by atoms with Gasteiger partial charge in [-0.3, -0.25) is 4.79 Å². The zero-order chi connectivity index (χ0) is 22.0. The van der Waals surface area contributed by atoms with Gasteiger partial charge in [0.15, 0.2) is 0 Å². The highest BCUT2D eigenvalue weighted by Crippen LogP contribution is 2.29. The van der Waals surface area contributed by atoms with E-state index in [2.05, 4.69) is 32.6 Å². The molecule has 0 fully saturated rings. The topological polar surface area (TPSA) is 85.2 Å². The number of benzene rings is 2. The molecule has 0 aliphatic carbocycles. The Morgan fingerprint density at radius 2 is 1.97 bits per heavy atom. The van der Waals surface area contributed by atoms with Gasteiger partial charge in [0.1, 0.15) is 11.6 Å². The lowest BCUT2D eigenvalue weighted by Crippen LogP contribution is -2.31. The molecule has 1 N–H and O–H groups in total. The van der Waals surface area contributed by atoms with Gasteiger partial charge in [0, 0.05) is 18.8 Å². The van der Waals surface area contributed by atoms with Crippen LogP contribution in [0.1, 0.15) is 29.3 Å². The van der Waals surface area contributed by atoms with Crippen LogP contribution in [-0.4, -0.2) is 46.3 Å². The molecule has 0 spiro atoms. The Morgan fingerprint density at radius 3 is 2.65 bits per heavy atom. The largest absolute Gasteiger partial charge is 0.496 e. The number of aryl methyl sites for hydroxylation is 1. The molecule has 8 nitrogen and oxygen atoms in total.